The molecule has 0 spiro atoms. The van der Waals surface area contributed by atoms with Gasteiger partial charge in [0.1, 0.15) is 12.7 Å². The van der Waals surface area contributed by atoms with Gasteiger partial charge in [0.05, 0.1) is 6.54 Å². The lowest BCUT2D eigenvalue weighted by atomic mass is 10.1. The van der Waals surface area contributed by atoms with Gasteiger partial charge in [-0.25, -0.2) is 9.67 Å². The van der Waals surface area contributed by atoms with E-state index in [0.717, 1.165) is 25.5 Å². The van der Waals surface area contributed by atoms with Crippen molar-refractivity contribution in [3.8, 4) is 0 Å². The molecule has 2 N–H and O–H groups in total. The lowest BCUT2D eigenvalue weighted by Gasteiger charge is -2.19. The van der Waals surface area contributed by atoms with E-state index in [1.807, 2.05) is 17.9 Å². The van der Waals surface area contributed by atoms with Crippen LogP contribution in [0.1, 0.15) is 30.9 Å². The van der Waals surface area contributed by atoms with Gasteiger partial charge in [-0.15, -0.1) is 0 Å². The standard InChI is InChI=1S/C19H27N7O/c1-3-18(27)25-8-7-17(12-25)24-19(20-2)22-10-15-5-4-6-16(9-15)11-26-14-21-13-23-26/h4-6,9,13-14,17H,3,7-8,10-12H2,1-2H3,(H2,20,22,24). The van der Waals surface area contributed by atoms with Crippen LogP contribution in [0.2, 0.25) is 0 Å². The molecule has 2 aromatic rings. The van der Waals surface area contributed by atoms with E-state index in [1.165, 1.54) is 11.1 Å². The largest absolute Gasteiger partial charge is 0.352 e. The summed E-state index contributed by atoms with van der Waals surface area (Å²) in [6.45, 7) is 4.83. The molecule has 3 rings (SSSR count). The molecule has 8 heteroatoms. The molecule has 2 heterocycles. The maximum atomic E-state index is 11.8. The summed E-state index contributed by atoms with van der Waals surface area (Å²) >= 11 is 0. The first kappa shape index (κ1) is 18.9. The molecule has 8 nitrogen and oxygen atoms in total. The van der Waals surface area contributed by atoms with Crippen molar-refractivity contribution >= 4 is 11.9 Å². The van der Waals surface area contributed by atoms with Crippen LogP contribution in [0.4, 0.5) is 0 Å². The predicted molar refractivity (Wildman–Crippen MR) is 104 cm³/mol. The molecule has 0 radical (unpaired) electrons. The van der Waals surface area contributed by atoms with Crippen molar-refractivity contribution in [1.29, 1.82) is 0 Å². The van der Waals surface area contributed by atoms with Crippen LogP contribution in [0, 0.1) is 0 Å². The van der Waals surface area contributed by atoms with Crippen LogP contribution in [0.25, 0.3) is 0 Å². The fraction of sp³-hybridized carbons (Fsp3) is 0.474. The number of likely N-dealkylation sites (tertiary alicyclic amines) is 1. The minimum atomic E-state index is 0.214. The van der Waals surface area contributed by atoms with Crippen molar-refractivity contribution in [3.05, 3.63) is 48.0 Å². The number of hydrogen-bond acceptors (Lipinski definition) is 4. The molecule has 0 saturated carbocycles. The summed E-state index contributed by atoms with van der Waals surface area (Å²) in [4.78, 5) is 22.0. The summed E-state index contributed by atoms with van der Waals surface area (Å²) < 4.78 is 1.80. The molecule has 0 aliphatic carbocycles. The van der Waals surface area contributed by atoms with Crippen LogP contribution in [-0.4, -0.2) is 57.7 Å². The zero-order chi connectivity index (χ0) is 19.1. The summed E-state index contributed by atoms with van der Waals surface area (Å²) in [5.74, 6) is 0.971. The van der Waals surface area contributed by atoms with E-state index in [-0.39, 0.29) is 11.9 Å². The van der Waals surface area contributed by atoms with Crippen LogP contribution in [0.5, 0.6) is 0 Å². The molecule has 1 fully saturated rings. The molecule has 1 aliphatic rings. The van der Waals surface area contributed by atoms with Crippen molar-refractivity contribution in [3.63, 3.8) is 0 Å². The van der Waals surface area contributed by atoms with Crippen molar-refractivity contribution in [2.45, 2.75) is 38.9 Å². The van der Waals surface area contributed by atoms with Crippen molar-refractivity contribution in [1.82, 2.24) is 30.3 Å². The van der Waals surface area contributed by atoms with Gasteiger partial charge < -0.3 is 15.5 Å². The third kappa shape index (κ3) is 5.29. The highest BCUT2D eigenvalue weighted by Crippen LogP contribution is 2.11. The Hall–Kier alpha value is -2.90. The number of benzene rings is 1. The molecular formula is C19H27N7O. The highest BCUT2D eigenvalue weighted by atomic mass is 16.2. The quantitative estimate of drug-likeness (QED) is 0.586. The molecule has 0 bridgehead atoms. The van der Waals surface area contributed by atoms with E-state index in [0.29, 0.717) is 19.5 Å². The molecular weight excluding hydrogens is 342 g/mol. The Bertz CT molecular complexity index is 772. The average molecular weight is 369 g/mol. The van der Waals surface area contributed by atoms with Crippen LogP contribution in [-0.2, 0) is 17.9 Å². The van der Waals surface area contributed by atoms with Crippen LogP contribution < -0.4 is 10.6 Å². The molecule has 1 amide bonds. The minimum Gasteiger partial charge on any atom is -0.352 e. The molecule has 1 aromatic carbocycles. The summed E-state index contributed by atoms with van der Waals surface area (Å²) in [7, 11) is 1.76. The van der Waals surface area contributed by atoms with Gasteiger partial charge in [0, 0.05) is 39.1 Å². The monoisotopic (exact) mass is 369 g/mol. The maximum absolute atomic E-state index is 11.8. The number of nitrogens with zero attached hydrogens (tertiary/aromatic N) is 5. The summed E-state index contributed by atoms with van der Waals surface area (Å²) in [6, 6.07) is 8.60. The first-order chi connectivity index (χ1) is 13.2. The van der Waals surface area contributed by atoms with Gasteiger partial charge >= 0.3 is 0 Å². The summed E-state index contributed by atoms with van der Waals surface area (Å²) in [5.41, 5.74) is 2.34. The topological polar surface area (TPSA) is 87.4 Å². The molecule has 1 unspecified atom stereocenters. The number of carbonyl (C=O) groups is 1. The van der Waals surface area contributed by atoms with Crippen LogP contribution in [0.15, 0.2) is 41.9 Å². The van der Waals surface area contributed by atoms with E-state index < -0.39 is 0 Å². The molecule has 144 valence electrons. The van der Waals surface area contributed by atoms with Crippen molar-refractivity contribution in [2.24, 2.45) is 4.99 Å². The third-order valence-corrected chi connectivity index (χ3v) is 4.67. The number of nitrogens with one attached hydrogen (secondary N) is 2. The third-order valence-electron chi connectivity index (χ3n) is 4.67. The normalized spacial score (nSPS) is 17.2. The first-order valence-corrected chi connectivity index (χ1v) is 9.33. The van der Waals surface area contributed by atoms with E-state index in [4.69, 9.17) is 0 Å². The van der Waals surface area contributed by atoms with Gasteiger partial charge in [0.25, 0.3) is 0 Å². The van der Waals surface area contributed by atoms with E-state index >= 15 is 0 Å². The second-order valence-corrected chi connectivity index (χ2v) is 6.66. The number of guanidine groups is 1. The van der Waals surface area contributed by atoms with Crippen molar-refractivity contribution < 1.29 is 4.79 Å². The van der Waals surface area contributed by atoms with Gasteiger partial charge in [-0.2, -0.15) is 5.10 Å². The average Bonchev–Trinajstić information content (AvgIpc) is 3.37. The highest BCUT2D eigenvalue weighted by Gasteiger charge is 2.25. The van der Waals surface area contributed by atoms with Crippen LogP contribution >= 0.6 is 0 Å². The Labute approximate surface area is 159 Å². The molecule has 1 atom stereocenters. The Morgan fingerprint density at radius 2 is 2.22 bits per heavy atom. The smallest absolute Gasteiger partial charge is 0.222 e. The van der Waals surface area contributed by atoms with Gasteiger partial charge in [-0.05, 0) is 17.5 Å². The van der Waals surface area contributed by atoms with Gasteiger partial charge in [-0.1, -0.05) is 31.2 Å². The second-order valence-electron chi connectivity index (χ2n) is 6.66. The molecule has 1 saturated heterocycles. The number of amides is 1. The maximum Gasteiger partial charge on any atom is 0.222 e. The second kappa shape index (κ2) is 9.16. The molecule has 1 aromatic heterocycles. The Morgan fingerprint density at radius 3 is 2.96 bits per heavy atom. The molecule has 27 heavy (non-hydrogen) atoms. The lowest BCUT2D eigenvalue weighted by Crippen LogP contribution is -2.44. The van der Waals surface area contributed by atoms with Gasteiger partial charge in [0.15, 0.2) is 5.96 Å². The van der Waals surface area contributed by atoms with E-state index in [9.17, 15) is 4.79 Å². The molecule has 1 aliphatic heterocycles. The fourth-order valence-corrected chi connectivity index (χ4v) is 3.24. The number of aliphatic imine (C=N–C) groups is 1. The zero-order valence-corrected chi connectivity index (χ0v) is 15.9. The Kier molecular flexibility index (Phi) is 6.40. The number of hydrogen-bond donors (Lipinski definition) is 2. The number of rotatable bonds is 6. The summed E-state index contributed by atoms with van der Waals surface area (Å²) in [5, 5.41) is 10.9. The lowest BCUT2D eigenvalue weighted by molar-refractivity contribution is -0.129. The van der Waals surface area contributed by atoms with Crippen LogP contribution in [0.3, 0.4) is 0 Å². The van der Waals surface area contributed by atoms with E-state index in [2.05, 4.69) is 43.9 Å². The van der Waals surface area contributed by atoms with Gasteiger partial charge in [0.2, 0.25) is 5.91 Å². The number of aromatic nitrogens is 3. The van der Waals surface area contributed by atoms with E-state index in [1.54, 1.807) is 24.4 Å². The number of carbonyl (C=O) groups excluding carboxylic acids is 1. The minimum absolute atomic E-state index is 0.214. The van der Waals surface area contributed by atoms with Crippen molar-refractivity contribution in [2.75, 3.05) is 20.1 Å². The fourth-order valence-electron chi connectivity index (χ4n) is 3.24. The highest BCUT2D eigenvalue weighted by molar-refractivity contribution is 5.80. The first-order valence-electron chi connectivity index (χ1n) is 9.33. The SMILES string of the molecule is CCC(=O)N1CCC(NC(=NC)NCc2cccc(Cn3cncn3)c2)C1. The summed E-state index contributed by atoms with van der Waals surface area (Å²) in [6.07, 6.45) is 4.76. The Balaban J connectivity index is 1.50. The Morgan fingerprint density at radius 1 is 1.37 bits per heavy atom. The predicted octanol–water partition coefficient (Wildman–Crippen LogP) is 1.00. The van der Waals surface area contributed by atoms with Gasteiger partial charge in [-0.3, -0.25) is 9.79 Å². The zero-order valence-electron chi connectivity index (χ0n) is 15.9.